The lowest BCUT2D eigenvalue weighted by Gasteiger charge is -2.48. The van der Waals surface area contributed by atoms with Crippen molar-refractivity contribution in [3.63, 3.8) is 0 Å². The number of likely N-dealkylation sites (tertiary alicyclic amines) is 1. The molecule has 0 saturated carbocycles. The van der Waals surface area contributed by atoms with Crippen molar-refractivity contribution in [1.82, 2.24) is 14.9 Å². The van der Waals surface area contributed by atoms with Crippen LogP contribution in [-0.2, 0) is 9.47 Å². The molecule has 6 nitrogen and oxygen atoms in total. The lowest BCUT2D eigenvalue weighted by Crippen LogP contribution is -2.50. The molecule has 120 valence electrons. The number of aromatic nitrogens is 2. The summed E-state index contributed by atoms with van der Waals surface area (Å²) in [6, 6.07) is 1.72. The van der Waals surface area contributed by atoms with Gasteiger partial charge in [-0.05, 0) is 30.7 Å². The van der Waals surface area contributed by atoms with Crippen molar-refractivity contribution in [2.24, 2.45) is 11.3 Å². The molecule has 6 heteroatoms. The molecule has 0 radical (unpaired) electrons. The molecule has 2 saturated heterocycles. The molecule has 2 aliphatic rings. The molecule has 1 amide bonds. The summed E-state index contributed by atoms with van der Waals surface area (Å²) in [6.45, 7) is 3.84. The van der Waals surface area contributed by atoms with Crippen molar-refractivity contribution in [3.05, 3.63) is 24.3 Å². The van der Waals surface area contributed by atoms with Crippen LogP contribution in [0.15, 0.2) is 18.5 Å². The van der Waals surface area contributed by atoms with Crippen LogP contribution < -0.4 is 0 Å². The first-order chi connectivity index (χ1) is 10.7. The number of methoxy groups -OCH3 is 1. The van der Waals surface area contributed by atoms with Gasteiger partial charge in [-0.15, -0.1) is 0 Å². The fourth-order valence-corrected chi connectivity index (χ4v) is 3.67. The average Bonchev–Trinajstić information content (AvgIpc) is 2.58. The summed E-state index contributed by atoms with van der Waals surface area (Å²) in [7, 11) is 1.74. The molecule has 3 heterocycles. The largest absolute Gasteiger partial charge is 0.384 e. The number of hydrogen-bond acceptors (Lipinski definition) is 5. The highest BCUT2D eigenvalue weighted by Crippen LogP contribution is 2.44. The molecule has 0 aliphatic carbocycles. The second kappa shape index (κ2) is 6.71. The second-order valence-electron chi connectivity index (χ2n) is 6.20. The Kier molecular flexibility index (Phi) is 4.69. The Hall–Kier alpha value is -1.53. The molecule has 3 rings (SSSR count). The predicted molar refractivity (Wildman–Crippen MR) is 80.4 cm³/mol. The molecule has 1 aromatic heterocycles. The Morgan fingerprint density at radius 2 is 2.09 bits per heavy atom. The third-order valence-corrected chi connectivity index (χ3v) is 5.10. The molecular formula is C16H23N3O3. The van der Waals surface area contributed by atoms with Gasteiger partial charge in [0.15, 0.2) is 0 Å². The molecular weight excluding hydrogens is 282 g/mol. The number of nitrogens with zero attached hydrogens (tertiary/aromatic N) is 3. The van der Waals surface area contributed by atoms with Gasteiger partial charge >= 0.3 is 0 Å². The zero-order chi connectivity index (χ0) is 15.4. The molecule has 22 heavy (non-hydrogen) atoms. The van der Waals surface area contributed by atoms with E-state index in [0.29, 0.717) is 11.7 Å². The molecule has 0 aromatic carbocycles. The van der Waals surface area contributed by atoms with E-state index in [1.54, 1.807) is 25.6 Å². The lowest BCUT2D eigenvalue weighted by atomic mass is 9.66. The van der Waals surface area contributed by atoms with E-state index in [9.17, 15) is 4.79 Å². The van der Waals surface area contributed by atoms with Crippen LogP contribution in [0.5, 0.6) is 0 Å². The third kappa shape index (κ3) is 2.98. The molecule has 2 fully saturated rings. The molecule has 1 aromatic rings. The minimum Gasteiger partial charge on any atom is -0.384 e. The minimum absolute atomic E-state index is 0.0641. The predicted octanol–water partition coefficient (Wildman–Crippen LogP) is 1.38. The topological polar surface area (TPSA) is 64.6 Å². The number of hydrogen-bond donors (Lipinski definition) is 0. The normalized spacial score (nSPS) is 24.4. The second-order valence-corrected chi connectivity index (χ2v) is 6.20. The molecule has 0 bridgehead atoms. The van der Waals surface area contributed by atoms with Crippen LogP contribution in [0.25, 0.3) is 0 Å². The van der Waals surface area contributed by atoms with Gasteiger partial charge in [0.2, 0.25) is 5.82 Å². The highest BCUT2D eigenvalue weighted by Gasteiger charge is 2.44. The fraction of sp³-hybridized carbons (Fsp3) is 0.688. The maximum Gasteiger partial charge on any atom is 0.291 e. The van der Waals surface area contributed by atoms with Crippen LogP contribution in [0.3, 0.4) is 0 Å². The summed E-state index contributed by atoms with van der Waals surface area (Å²) >= 11 is 0. The zero-order valence-electron chi connectivity index (χ0n) is 13.0. The first kappa shape index (κ1) is 15.4. The van der Waals surface area contributed by atoms with E-state index in [-0.39, 0.29) is 11.3 Å². The van der Waals surface area contributed by atoms with Crippen molar-refractivity contribution in [3.8, 4) is 0 Å². The Balaban J connectivity index is 1.65. The zero-order valence-corrected chi connectivity index (χ0v) is 13.0. The average molecular weight is 305 g/mol. The first-order valence-electron chi connectivity index (χ1n) is 7.88. The van der Waals surface area contributed by atoms with E-state index in [1.807, 2.05) is 4.90 Å². The van der Waals surface area contributed by atoms with Crippen LogP contribution in [0.1, 0.15) is 29.9 Å². The van der Waals surface area contributed by atoms with Gasteiger partial charge in [-0.3, -0.25) is 4.79 Å². The Morgan fingerprint density at radius 1 is 1.36 bits per heavy atom. The molecule has 1 spiro atoms. The molecule has 0 unspecified atom stereocenters. The summed E-state index contributed by atoms with van der Waals surface area (Å²) in [5.41, 5.74) is 0.253. The minimum atomic E-state index is -0.0641. The Morgan fingerprint density at radius 3 is 2.77 bits per heavy atom. The van der Waals surface area contributed by atoms with Gasteiger partial charge in [0, 0.05) is 45.1 Å². The lowest BCUT2D eigenvalue weighted by molar-refractivity contribution is -0.0912. The number of ether oxygens (including phenoxy) is 2. The van der Waals surface area contributed by atoms with Crippen LogP contribution in [0.2, 0.25) is 0 Å². The number of carbonyl (C=O) groups excluding carboxylic acids is 1. The highest BCUT2D eigenvalue weighted by atomic mass is 16.5. The van der Waals surface area contributed by atoms with Gasteiger partial charge in [-0.2, -0.15) is 0 Å². The Bertz CT molecular complexity index is 499. The van der Waals surface area contributed by atoms with Crippen molar-refractivity contribution >= 4 is 5.91 Å². The summed E-state index contributed by atoms with van der Waals surface area (Å²) in [5, 5.41) is 0. The van der Waals surface area contributed by atoms with Crippen molar-refractivity contribution in [2.45, 2.75) is 19.3 Å². The quantitative estimate of drug-likeness (QED) is 0.844. The Labute approximate surface area is 130 Å². The fourth-order valence-electron chi connectivity index (χ4n) is 3.67. The summed E-state index contributed by atoms with van der Waals surface area (Å²) < 4.78 is 11.0. The maximum atomic E-state index is 12.4. The van der Waals surface area contributed by atoms with Gasteiger partial charge < -0.3 is 14.4 Å². The number of piperidine rings is 1. The summed E-state index contributed by atoms with van der Waals surface area (Å²) in [5.74, 6) is 0.654. The summed E-state index contributed by atoms with van der Waals surface area (Å²) in [6.07, 6.45) is 6.29. The van der Waals surface area contributed by atoms with Crippen LogP contribution in [0.4, 0.5) is 0 Å². The maximum absolute atomic E-state index is 12.4. The summed E-state index contributed by atoms with van der Waals surface area (Å²) in [4.78, 5) is 22.4. The van der Waals surface area contributed by atoms with E-state index in [0.717, 1.165) is 52.2 Å². The van der Waals surface area contributed by atoms with E-state index in [2.05, 4.69) is 9.97 Å². The number of carbonyl (C=O) groups is 1. The monoisotopic (exact) mass is 305 g/mol. The standard InChI is InChI=1S/C16H23N3O3/c1-21-11-13-12-22-10-5-16(13)3-8-19(9-4-16)15(20)14-17-6-2-7-18-14/h2,6-7,13H,3-5,8-12H2,1H3/t13-/m0/s1. The van der Waals surface area contributed by atoms with Gasteiger partial charge in [-0.25, -0.2) is 9.97 Å². The first-order valence-corrected chi connectivity index (χ1v) is 7.88. The van der Waals surface area contributed by atoms with Gasteiger partial charge in [-0.1, -0.05) is 0 Å². The van der Waals surface area contributed by atoms with Crippen LogP contribution in [0, 0.1) is 11.3 Å². The van der Waals surface area contributed by atoms with Crippen molar-refractivity contribution < 1.29 is 14.3 Å². The van der Waals surface area contributed by atoms with E-state index in [1.165, 1.54) is 0 Å². The smallest absolute Gasteiger partial charge is 0.291 e. The van der Waals surface area contributed by atoms with Gasteiger partial charge in [0.1, 0.15) is 0 Å². The van der Waals surface area contributed by atoms with Crippen LogP contribution >= 0.6 is 0 Å². The highest BCUT2D eigenvalue weighted by molar-refractivity contribution is 5.90. The third-order valence-electron chi connectivity index (χ3n) is 5.10. The van der Waals surface area contributed by atoms with Crippen LogP contribution in [-0.4, -0.2) is 60.8 Å². The molecule has 1 atom stereocenters. The van der Waals surface area contributed by atoms with Gasteiger partial charge in [0.25, 0.3) is 5.91 Å². The van der Waals surface area contributed by atoms with E-state index in [4.69, 9.17) is 9.47 Å². The van der Waals surface area contributed by atoms with Gasteiger partial charge in [0.05, 0.1) is 13.2 Å². The number of rotatable bonds is 3. The molecule has 2 aliphatic heterocycles. The van der Waals surface area contributed by atoms with Crippen molar-refractivity contribution in [1.29, 1.82) is 0 Å². The number of amides is 1. The SMILES string of the molecule is COC[C@H]1COCCC12CCN(C(=O)c1ncccn1)CC2. The van der Waals surface area contributed by atoms with E-state index < -0.39 is 0 Å². The van der Waals surface area contributed by atoms with Crippen molar-refractivity contribution in [2.75, 3.05) is 40.0 Å². The van der Waals surface area contributed by atoms with E-state index >= 15 is 0 Å². The molecule has 0 N–H and O–H groups in total.